The van der Waals surface area contributed by atoms with E-state index in [0.29, 0.717) is 6.54 Å². The van der Waals surface area contributed by atoms with Gasteiger partial charge in [0.15, 0.2) is 5.13 Å². The zero-order chi connectivity index (χ0) is 18.8. The maximum Gasteiger partial charge on any atom is 0.252 e. The maximum atomic E-state index is 13.0. The lowest BCUT2D eigenvalue weighted by Gasteiger charge is -2.21. The lowest BCUT2D eigenvalue weighted by molar-refractivity contribution is -0.114. The van der Waals surface area contributed by atoms with E-state index in [4.69, 9.17) is 9.72 Å². The molecule has 1 aliphatic rings. The van der Waals surface area contributed by atoms with Gasteiger partial charge in [0, 0.05) is 17.6 Å². The molecule has 0 aliphatic carbocycles. The van der Waals surface area contributed by atoms with Crippen LogP contribution in [0.2, 0.25) is 0 Å². The van der Waals surface area contributed by atoms with Crippen molar-refractivity contribution in [2.75, 3.05) is 18.1 Å². The molecule has 1 aliphatic heterocycles. The fourth-order valence-corrected chi connectivity index (χ4v) is 4.85. The number of anilines is 1. The number of rotatable bonds is 5. The molecule has 1 fully saturated rings. The van der Waals surface area contributed by atoms with Crippen LogP contribution in [0, 0.1) is 13.8 Å². The number of hydrogen-bond donors (Lipinski definition) is 0. The third-order valence-corrected chi connectivity index (χ3v) is 6.71. The average Bonchev–Trinajstić information content (AvgIpc) is 3.40. The lowest BCUT2D eigenvalue weighted by Crippen LogP contribution is -2.36. The second-order valence-corrected chi connectivity index (χ2v) is 8.82. The number of nitrogens with zero attached hydrogens (tertiary/aromatic N) is 2. The first kappa shape index (κ1) is 18.3. The van der Waals surface area contributed by atoms with Crippen LogP contribution in [0.5, 0.6) is 0 Å². The Morgan fingerprint density at radius 1 is 1.37 bits per heavy atom. The van der Waals surface area contributed by atoms with Crippen LogP contribution in [-0.4, -0.2) is 30.1 Å². The Kier molecular flexibility index (Phi) is 5.38. The SMILES string of the molecule is Cc1cc2nc(N(CC3CCCO3)C(=O)/C=C/c3cccs3)sc2cc1C. The zero-order valence-electron chi connectivity index (χ0n) is 15.5. The number of aromatic nitrogens is 1. The minimum absolute atomic E-state index is 0.0496. The average molecular weight is 399 g/mol. The lowest BCUT2D eigenvalue weighted by atomic mass is 10.1. The molecule has 0 saturated carbocycles. The normalized spacial score (nSPS) is 17.2. The number of carbonyl (C=O) groups excluding carboxylic acids is 1. The summed E-state index contributed by atoms with van der Waals surface area (Å²) in [5.41, 5.74) is 3.41. The highest BCUT2D eigenvalue weighted by atomic mass is 32.1. The summed E-state index contributed by atoms with van der Waals surface area (Å²) in [4.78, 5) is 20.6. The molecule has 0 N–H and O–H groups in total. The van der Waals surface area contributed by atoms with E-state index in [1.54, 1.807) is 33.6 Å². The smallest absolute Gasteiger partial charge is 0.252 e. The van der Waals surface area contributed by atoms with E-state index in [1.807, 2.05) is 23.6 Å². The number of thiophene rings is 1. The zero-order valence-corrected chi connectivity index (χ0v) is 17.1. The minimum atomic E-state index is -0.0496. The summed E-state index contributed by atoms with van der Waals surface area (Å²) in [6, 6.07) is 8.24. The molecule has 0 spiro atoms. The summed E-state index contributed by atoms with van der Waals surface area (Å²) in [6.07, 6.45) is 5.64. The Labute approximate surface area is 167 Å². The van der Waals surface area contributed by atoms with E-state index in [2.05, 4.69) is 26.0 Å². The van der Waals surface area contributed by atoms with E-state index in [-0.39, 0.29) is 12.0 Å². The number of hydrogen-bond acceptors (Lipinski definition) is 5. The first-order valence-electron chi connectivity index (χ1n) is 9.12. The molecule has 140 valence electrons. The highest BCUT2D eigenvalue weighted by Gasteiger charge is 2.25. The molecule has 0 bridgehead atoms. The van der Waals surface area contributed by atoms with Crippen molar-refractivity contribution in [3.05, 3.63) is 51.7 Å². The molecule has 0 radical (unpaired) electrons. The predicted molar refractivity (Wildman–Crippen MR) is 114 cm³/mol. The molecule has 6 heteroatoms. The minimum Gasteiger partial charge on any atom is -0.376 e. The Bertz CT molecular complexity index is 931. The van der Waals surface area contributed by atoms with Gasteiger partial charge in [0.25, 0.3) is 5.91 Å². The highest BCUT2D eigenvalue weighted by molar-refractivity contribution is 7.22. The van der Waals surface area contributed by atoms with Gasteiger partial charge >= 0.3 is 0 Å². The first-order chi connectivity index (χ1) is 13.1. The van der Waals surface area contributed by atoms with Crippen LogP contribution in [0.3, 0.4) is 0 Å². The van der Waals surface area contributed by atoms with Crippen molar-refractivity contribution in [3.8, 4) is 0 Å². The number of carbonyl (C=O) groups is 1. The molecule has 27 heavy (non-hydrogen) atoms. The van der Waals surface area contributed by atoms with Crippen LogP contribution < -0.4 is 4.90 Å². The van der Waals surface area contributed by atoms with Gasteiger partial charge in [-0.1, -0.05) is 17.4 Å². The molecule has 1 aromatic carbocycles. The van der Waals surface area contributed by atoms with Crippen LogP contribution in [0.4, 0.5) is 5.13 Å². The first-order valence-corrected chi connectivity index (χ1v) is 10.8. The third kappa shape index (κ3) is 4.13. The predicted octanol–water partition coefficient (Wildman–Crippen LogP) is 5.20. The van der Waals surface area contributed by atoms with Crippen molar-refractivity contribution in [2.45, 2.75) is 32.8 Å². The number of benzene rings is 1. The van der Waals surface area contributed by atoms with Gasteiger partial charge in [-0.15, -0.1) is 11.3 Å². The van der Waals surface area contributed by atoms with E-state index in [9.17, 15) is 4.79 Å². The van der Waals surface area contributed by atoms with Crippen molar-refractivity contribution >= 4 is 50.0 Å². The van der Waals surface area contributed by atoms with E-state index < -0.39 is 0 Å². The van der Waals surface area contributed by atoms with Crippen LogP contribution in [-0.2, 0) is 9.53 Å². The molecule has 4 nitrogen and oxygen atoms in total. The van der Waals surface area contributed by atoms with E-state index in [0.717, 1.165) is 39.7 Å². The second-order valence-electron chi connectivity index (χ2n) is 6.83. The summed E-state index contributed by atoms with van der Waals surface area (Å²) in [5.74, 6) is -0.0496. The molecule has 1 atom stereocenters. The molecule has 3 aromatic rings. The third-order valence-electron chi connectivity index (χ3n) is 4.83. The van der Waals surface area contributed by atoms with Crippen LogP contribution in [0.25, 0.3) is 16.3 Å². The van der Waals surface area contributed by atoms with Crippen molar-refractivity contribution in [1.82, 2.24) is 4.98 Å². The number of ether oxygens (including phenoxy) is 1. The van der Waals surface area contributed by atoms with Gasteiger partial charge in [-0.3, -0.25) is 9.69 Å². The van der Waals surface area contributed by atoms with Crippen molar-refractivity contribution < 1.29 is 9.53 Å². The highest BCUT2D eigenvalue weighted by Crippen LogP contribution is 2.32. The molecule has 4 rings (SSSR count). The summed E-state index contributed by atoms with van der Waals surface area (Å²) in [6.45, 7) is 5.52. The van der Waals surface area contributed by atoms with Gasteiger partial charge in [-0.05, 0) is 67.5 Å². The largest absolute Gasteiger partial charge is 0.376 e. The van der Waals surface area contributed by atoms with Crippen molar-refractivity contribution in [3.63, 3.8) is 0 Å². The quantitative estimate of drug-likeness (QED) is 0.555. The standard InChI is InChI=1S/C21H22N2O2S2/c1-14-11-18-19(12-15(14)2)27-21(22-18)23(13-16-5-3-9-25-16)20(24)8-7-17-6-4-10-26-17/h4,6-8,10-12,16H,3,5,9,13H2,1-2H3/b8-7+. The van der Waals surface area contributed by atoms with Gasteiger partial charge in [-0.2, -0.15) is 0 Å². The fraction of sp³-hybridized carbons (Fsp3) is 0.333. The van der Waals surface area contributed by atoms with Gasteiger partial charge in [0.1, 0.15) is 0 Å². The summed E-state index contributed by atoms with van der Waals surface area (Å²) >= 11 is 3.19. The van der Waals surface area contributed by atoms with E-state index in [1.165, 1.54) is 11.1 Å². The van der Waals surface area contributed by atoms with Gasteiger partial charge < -0.3 is 4.74 Å². The van der Waals surface area contributed by atoms with E-state index >= 15 is 0 Å². The Morgan fingerprint density at radius 2 is 2.22 bits per heavy atom. The molecule has 1 saturated heterocycles. The van der Waals surface area contributed by atoms with Crippen molar-refractivity contribution in [2.24, 2.45) is 0 Å². The number of fused-ring (bicyclic) bond motifs is 1. The Morgan fingerprint density at radius 3 is 2.96 bits per heavy atom. The van der Waals surface area contributed by atoms with Crippen molar-refractivity contribution in [1.29, 1.82) is 0 Å². The molecular weight excluding hydrogens is 376 g/mol. The molecule has 1 amide bonds. The monoisotopic (exact) mass is 398 g/mol. The van der Waals surface area contributed by atoms with Crippen LogP contribution in [0.15, 0.2) is 35.7 Å². The van der Waals surface area contributed by atoms with Crippen LogP contribution in [0.1, 0.15) is 28.8 Å². The summed E-state index contributed by atoms with van der Waals surface area (Å²) in [7, 11) is 0. The maximum absolute atomic E-state index is 13.0. The van der Waals surface area contributed by atoms with Gasteiger partial charge in [0.05, 0.1) is 22.9 Å². The fourth-order valence-electron chi connectivity index (χ4n) is 3.17. The molecular formula is C21H22N2O2S2. The molecule has 1 unspecified atom stereocenters. The van der Waals surface area contributed by atoms with Crippen LogP contribution >= 0.6 is 22.7 Å². The number of thiazole rings is 1. The molecule has 2 aromatic heterocycles. The van der Waals surface area contributed by atoms with Gasteiger partial charge in [0.2, 0.25) is 0 Å². The Hall–Kier alpha value is -2.02. The number of aryl methyl sites for hydroxylation is 2. The molecule has 3 heterocycles. The summed E-state index contributed by atoms with van der Waals surface area (Å²) in [5, 5.41) is 2.75. The van der Waals surface area contributed by atoms with Gasteiger partial charge in [-0.25, -0.2) is 4.98 Å². The number of amides is 1. The summed E-state index contributed by atoms with van der Waals surface area (Å²) < 4.78 is 6.89. The topological polar surface area (TPSA) is 42.4 Å². The Balaban J connectivity index is 1.65. The second kappa shape index (κ2) is 7.92.